The maximum absolute atomic E-state index is 3.95. The third kappa shape index (κ3) is 4.87. The van der Waals surface area contributed by atoms with Crippen molar-refractivity contribution in [1.82, 2.24) is 16.0 Å². The largest absolute Gasteiger partial charge is 0.279 e. The van der Waals surface area contributed by atoms with E-state index in [1.165, 1.54) is 88.3 Å². The van der Waals surface area contributed by atoms with Crippen molar-refractivity contribution in [3.8, 4) is 11.1 Å². The molecule has 0 radical (unpaired) electrons. The summed E-state index contributed by atoms with van der Waals surface area (Å²) in [5, 5.41) is 19.7. The molecule has 3 nitrogen and oxygen atoms in total. The molecule has 0 saturated carbocycles. The van der Waals surface area contributed by atoms with E-state index in [1.807, 2.05) is 34.0 Å². The Kier molecular flexibility index (Phi) is 6.90. The van der Waals surface area contributed by atoms with Crippen molar-refractivity contribution in [3.05, 3.63) is 168 Å². The summed E-state index contributed by atoms with van der Waals surface area (Å²) < 4.78 is 8.00. The van der Waals surface area contributed by atoms with E-state index >= 15 is 0 Å². The highest BCUT2D eigenvalue weighted by Gasteiger charge is 2.30. The monoisotopic (exact) mass is 709 g/mol. The summed E-state index contributed by atoms with van der Waals surface area (Å²) in [5.41, 5.74) is 6.32. The molecule has 10 aromatic rings. The summed E-state index contributed by atoms with van der Waals surface area (Å²) in [6.07, 6.45) is -0.139. The van der Waals surface area contributed by atoms with Crippen LogP contribution in [0, 0.1) is 0 Å². The van der Waals surface area contributed by atoms with Gasteiger partial charge in [-0.05, 0) is 53.1 Å². The molecule has 1 aliphatic heterocycles. The lowest BCUT2D eigenvalue weighted by Gasteiger charge is -2.39. The average Bonchev–Trinajstić information content (AvgIpc) is 3.89. The van der Waals surface area contributed by atoms with Gasteiger partial charge in [-0.1, -0.05) is 115 Å². The van der Waals surface area contributed by atoms with Crippen molar-refractivity contribution in [2.24, 2.45) is 0 Å². The third-order valence-corrected chi connectivity index (χ3v) is 14.0. The van der Waals surface area contributed by atoms with Crippen molar-refractivity contribution in [1.29, 1.82) is 0 Å². The zero-order valence-corrected chi connectivity index (χ0v) is 29.8. The number of hydrogen-bond acceptors (Lipinski definition) is 6. The lowest BCUT2D eigenvalue weighted by Crippen LogP contribution is -2.54. The van der Waals surface area contributed by atoms with Gasteiger partial charge < -0.3 is 0 Å². The van der Waals surface area contributed by atoms with Gasteiger partial charge in [0.15, 0.2) is 0 Å². The van der Waals surface area contributed by atoms with Crippen molar-refractivity contribution < 1.29 is 0 Å². The first-order valence-corrected chi connectivity index (χ1v) is 19.8. The highest BCUT2D eigenvalue weighted by atomic mass is 32.1. The van der Waals surface area contributed by atoms with Crippen LogP contribution in [-0.4, -0.2) is 0 Å². The fourth-order valence-corrected chi connectivity index (χ4v) is 11.5. The van der Waals surface area contributed by atoms with E-state index in [9.17, 15) is 0 Å². The highest BCUT2D eigenvalue weighted by Crippen LogP contribution is 2.46. The molecule has 0 amide bonds. The molecular weight excluding hydrogens is 679 g/mol. The fourth-order valence-electron chi connectivity index (χ4n) is 7.96. The molecule has 51 heavy (non-hydrogen) atoms. The molecule has 1 aliphatic rings. The first kappa shape index (κ1) is 29.8. The van der Waals surface area contributed by atoms with Gasteiger partial charge in [-0.15, -0.1) is 34.0 Å². The highest BCUT2D eigenvalue weighted by molar-refractivity contribution is 7.27. The minimum Gasteiger partial charge on any atom is -0.279 e. The normalized spacial score (nSPS) is 18.2. The molecule has 3 aromatic heterocycles. The van der Waals surface area contributed by atoms with Gasteiger partial charge in [0.25, 0.3) is 0 Å². The summed E-state index contributed by atoms with van der Waals surface area (Å²) in [6, 6.07) is 55.8. The van der Waals surface area contributed by atoms with Crippen molar-refractivity contribution in [2.75, 3.05) is 0 Å². The zero-order valence-electron chi connectivity index (χ0n) is 27.4. The van der Waals surface area contributed by atoms with E-state index < -0.39 is 0 Å². The number of benzene rings is 7. The van der Waals surface area contributed by atoms with E-state index in [0.29, 0.717) is 0 Å². The first-order chi connectivity index (χ1) is 25.2. The van der Waals surface area contributed by atoms with Gasteiger partial charge in [0.1, 0.15) is 0 Å². The molecule has 244 valence electrons. The Balaban J connectivity index is 1.01. The lowest BCUT2D eigenvalue weighted by atomic mass is 9.99. The van der Waals surface area contributed by atoms with Crippen LogP contribution in [0.25, 0.3) is 71.6 Å². The van der Waals surface area contributed by atoms with E-state index in [2.05, 4.69) is 168 Å². The summed E-state index contributed by atoms with van der Waals surface area (Å²) in [5.74, 6) is 0. The number of rotatable bonds is 4. The van der Waals surface area contributed by atoms with E-state index in [0.717, 1.165) is 0 Å². The SMILES string of the molecule is c1ccc(C2NC(c3ccc4sc5ccccc5c4c3)NC(c3ccc4sc5c(-c6cccc7c6sc6ccccc67)cccc5c4c3)N2)cc1. The van der Waals surface area contributed by atoms with Crippen LogP contribution >= 0.6 is 34.0 Å². The molecule has 11 rings (SSSR count). The van der Waals surface area contributed by atoms with Crippen molar-refractivity contribution in [3.63, 3.8) is 0 Å². The Morgan fingerprint density at radius 2 is 0.745 bits per heavy atom. The molecule has 6 heteroatoms. The molecular formula is C45H31N3S3. The Labute approximate surface area is 306 Å². The first-order valence-electron chi connectivity index (χ1n) is 17.4. The minimum absolute atomic E-state index is 0.0271. The van der Waals surface area contributed by atoms with Crippen LogP contribution in [0.2, 0.25) is 0 Å². The summed E-state index contributed by atoms with van der Waals surface area (Å²) >= 11 is 5.67. The maximum Gasteiger partial charge on any atom is 0.0864 e. The topological polar surface area (TPSA) is 36.1 Å². The van der Waals surface area contributed by atoms with Crippen molar-refractivity contribution >= 4 is 94.5 Å². The molecule has 1 fully saturated rings. The van der Waals surface area contributed by atoms with Crippen LogP contribution < -0.4 is 16.0 Å². The summed E-state index contributed by atoms with van der Waals surface area (Å²) in [6.45, 7) is 0. The number of thiophene rings is 3. The summed E-state index contributed by atoms with van der Waals surface area (Å²) in [4.78, 5) is 0. The zero-order chi connectivity index (χ0) is 33.5. The molecule has 3 N–H and O–H groups in total. The van der Waals surface area contributed by atoms with Crippen molar-refractivity contribution in [2.45, 2.75) is 18.5 Å². The smallest absolute Gasteiger partial charge is 0.0864 e. The quantitative estimate of drug-likeness (QED) is 0.170. The molecule has 3 atom stereocenters. The van der Waals surface area contributed by atoms with Gasteiger partial charge in [-0.3, -0.25) is 16.0 Å². The Hall–Kier alpha value is -4.92. The van der Waals surface area contributed by atoms with Gasteiger partial charge in [-0.25, -0.2) is 0 Å². The molecule has 7 aromatic carbocycles. The second kappa shape index (κ2) is 11.8. The number of fused-ring (bicyclic) bond motifs is 9. The van der Waals surface area contributed by atoms with Crippen LogP contribution in [0.4, 0.5) is 0 Å². The predicted octanol–water partition coefficient (Wildman–Crippen LogP) is 12.6. The fraction of sp³-hybridized carbons (Fsp3) is 0.0667. The van der Waals surface area contributed by atoms with Crippen LogP contribution in [0.15, 0.2) is 152 Å². The molecule has 4 heterocycles. The predicted molar refractivity (Wildman–Crippen MR) is 221 cm³/mol. The molecule has 3 unspecified atom stereocenters. The molecule has 0 bridgehead atoms. The van der Waals surface area contributed by atoms with Crippen LogP contribution in [0.5, 0.6) is 0 Å². The Morgan fingerprint density at radius 3 is 1.37 bits per heavy atom. The minimum atomic E-state index is -0.0637. The van der Waals surface area contributed by atoms with Crippen LogP contribution in [-0.2, 0) is 0 Å². The Morgan fingerprint density at radius 1 is 0.314 bits per heavy atom. The standard InChI is InChI=1S/C45H31N3S3/c1-2-10-26(11-3-1)43-46-44(27-20-22-39-35(24-27)30-13-5-6-18-37(30)49-39)48-45(47-43)28-21-23-40-36(25-28)34-17-9-16-33(42(34)51-40)32-15-8-14-31-29-12-4-7-19-38(29)50-41(31)32/h1-25,43-48H. The number of nitrogens with one attached hydrogen (secondary N) is 3. The lowest BCUT2D eigenvalue weighted by molar-refractivity contribution is 0.203. The second-order valence-electron chi connectivity index (χ2n) is 13.4. The van der Waals surface area contributed by atoms with Crippen LogP contribution in [0.3, 0.4) is 0 Å². The summed E-state index contributed by atoms with van der Waals surface area (Å²) in [7, 11) is 0. The van der Waals surface area contributed by atoms with E-state index in [-0.39, 0.29) is 18.5 Å². The van der Waals surface area contributed by atoms with Gasteiger partial charge >= 0.3 is 0 Å². The van der Waals surface area contributed by atoms with Gasteiger partial charge in [-0.2, -0.15) is 0 Å². The average molecular weight is 710 g/mol. The van der Waals surface area contributed by atoms with E-state index in [4.69, 9.17) is 0 Å². The van der Waals surface area contributed by atoms with Crippen LogP contribution in [0.1, 0.15) is 35.2 Å². The maximum atomic E-state index is 3.95. The number of hydrogen-bond donors (Lipinski definition) is 3. The molecule has 1 saturated heterocycles. The second-order valence-corrected chi connectivity index (χ2v) is 16.6. The van der Waals surface area contributed by atoms with Gasteiger partial charge in [0.05, 0.1) is 18.5 Å². The van der Waals surface area contributed by atoms with Gasteiger partial charge in [0.2, 0.25) is 0 Å². The van der Waals surface area contributed by atoms with Gasteiger partial charge in [0, 0.05) is 71.6 Å². The third-order valence-electron chi connectivity index (χ3n) is 10.4. The molecule has 0 aliphatic carbocycles. The Bertz CT molecular complexity index is 2940. The van der Waals surface area contributed by atoms with E-state index in [1.54, 1.807) is 0 Å². The molecule has 0 spiro atoms.